The van der Waals surface area contributed by atoms with Gasteiger partial charge < -0.3 is 4.90 Å². The minimum Gasteiger partial charge on any atom is -0.302 e. The van der Waals surface area contributed by atoms with Crippen molar-refractivity contribution >= 4 is 5.78 Å². The highest BCUT2D eigenvalue weighted by Gasteiger charge is 2.15. The average molecular weight is 282 g/mol. The zero-order valence-corrected chi connectivity index (χ0v) is 12.9. The lowest BCUT2D eigenvalue weighted by Gasteiger charge is -2.24. The fourth-order valence-electron chi connectivity index (χ4n) is 2.44. The Balaban J connectivity index is 2.12. The van der Waals surface area contributed by atoms with E-state index in [2.05, 4.69) is 34.1 Å². The molecule has 0 amide bonds. The van der Waals surface area contributed by atoms with Gasteiger partial charge in [-0.1, -0.05) is 30.3 Å². The van der Waals surface area contributed by atoms with Gasteiger partial charge in [0.25, 0.3) is 0 Å². The van der Waals surface area contributed by atoms with Gasteiger partial charge >= 0.3 is 0 Å². The number of carbonyl (C=O) groups excluding carboxylic acids is 1. The van der Waals surface area contributed by atoms with Crippen LogP contribution in [0.15, 0.2) is 48.7 Å². The summed E-state index contributed by atoms with van der Waals surface area (Å²) in [4.78, 5) is 17.8. The van der Waals surface area contributed by atoms with Crippen LogP contribution in [-0.4, -0.2) is 29.8 Å². The lowest BCUT2D eigenvalue weighted by Crippen LogP contribution is -2.22. The van der Waals surface area contributed by atoms with Crippen molar-refractivity contribution in [2.75, 3.05) is 14.1 Å². The maximum Gasteiger partial charge on any atom is 0.131 e. The first-order chi connectivity index (χ1) is 10.1. The summed E-state index contributed by atoms with van der Waals surface area (Å²) in [6.07, 6.45) is 3.20. The van der Waals surface area contributed by atoms with Gasteiger partial charge in [0.05, 0.1) is 0 Å². The topological polar surface area (TPSA) is 33.2 Å². The number of nitrogens with zero attached hydrogens (tertiary/aromatic N) is 2. The summed E-state index contributed by atoms with van der Waals surface area (Å²) in [6.45, 7) is 1.64. The molecule has 3 nitrogen and oxygen atoms in total. The Morgan fingerprint density at radius 1 is 1.14 bits per heavy atom. The van der Waals surface area contributed by atoms with E-state index >= 15 is 0 Å². The molecule has 3 heteroatoms. The van der Waals surface area contributed by atoms with E-state index in [9.17, 15) is 4.79 Å². The minimum absolute atomic E-state index is 0.145. The standard InChI is InChI=1S/C18H22N2O/c1-14(21)12-18(20(2)3)16-9-7-15(8-10-16)13-17-6-4-5-11-19-17/h4-11,18H,12-13H2,1-3H3. The van der Waals surface area contributed by atoms with Crippen molar-refractivity contribution in [2.24, 2.45) is 0 Å². The first-order valence-corrected chi connectivity index (χ1v) is 7.21. The van der Waals surface area contributed by atoms with E-state index in [1.54, 1.807) is 6.92 Å². The molecule has 1 heterocycles. The Morgan fingerprint density at radius 2 is 1.86 bits per heavy atom. The molecule has 21 heavy (non-hydrogen) atoms. The molecule has 0 fully saturated rings. The summed E-state index contributed by atoms with van der Waals surface area (Å²) in [6, 6.07) is 14.6. The average Bonchev–Trinajstić information content (AvgIpc) is 2.46. The Morgan fingerprint density at radius 3 is 2.38 bits per heavy atom. The first kappa shape index (κ1) is 15.4. The Bertz CT molecular complexity index is 576. The van der Waals surface area contributed by atoms with Crippen LogP contribution in [0.3, 0.4) is 0 Å². The molecule has 1 aromatic heterocycles. The van der Waals surface area contributed by atoms with Crippen LogP contribution in [0.2, 0.25) is 0 Å². The summed E-state index contributed by atoms with van der Waals surface area (Å²) >= 11 is 0. The van der Waals surface area contributed by atoms with E-state index in [0.29, 0.717) is 6.42 Å². The molecule has 0 aliphatic rings. The number of hydrogen-bond donors (Lipinski definition) is 0. The Hall–Kier alpha value is -2.00. The molecule has 0 N–H and O–H groups in total. The quantitative estimate of drug-likeness (QED) is 0.815. The van der Waals surface area contributed by atoms with Gasteiger partial charge in [-0.15, -0.1) is 0 Å². The lowest BCUT2D eigenvalue weighted by molar-refractivity contribution is -0.118. The number of pyridine rings is 1. The maximum atomic E-state index is 11.4. The van der Waals surface area contributed by atoms with Gasteiger partial charge in [0.1, 0.15) is 5.78 Å². The van der Waals surface area contributed by atoms with Crippen molar-refractivity contribution in [2.45, 2.75) is 25.8 Å². The third-order valence-electron chi connectivity index (χ3n) is 3.58. The van der Waals surface area contributed by atoms with Crippen LogP contribution in [0, 0.1) is 0 Å². The van der Waals surface area contributed by atoms with E-state index in [4.69, 9.17) is 0 Å². The van der Waals surface area contributed by atoms with Crippen molar-refractivity contribution in [1.82, 2.24) is 9.88 Å². The van der Waals surface area contributed by atoms with Gasteiger partial charge in [-0.25, -0.2) is 0 Å². The zero-order valence-electron chi connectivity index (χ0n) is 12.9. The van der Waals surface area contributed by atoms with Gasteiger partial charge in [0, 0.05) is 30.8 Å². The summed E-state index contributed by atoms with van der Waals surface area (Å²) in [5, 5.41) is 0. The van der Waals surface area contributed by atoms with Crippen molar-refractivity contribution in [3.63, 3.8) is 0 Å². The molecule has 0 bridgehead atoms. The number of aromatic nitrogens is 1. The smallest absolute Gasteiger partial charge is 0.131 e. The number of carbonyl (C=O) groups is 1. The Labute approximate surface area is 126 Å². The van der Waals surface area contributed by atoms with E-state index in [1.165, 1.54) is 11.1 Å². The van der Waals surface area contributed by atoms with Crippen LogP contribution in [0.4, 0.5) is 0 Å². The van der Waals surface area contributed by atoms with Crippen LogP contribution in [0.5, 0.6) is 0 Å². The molecular formula is C18H22N2O. The van der Waals surface area contributed by atoms with Crippen LogP contribution < -0.4 is 0 Å². The fraction of sp³-hybridized carbons (Fsp3) is 0.333. The van der Waals surface area contributed by atoms with E-state index in [-0.39, 0.29) is 11.8 Å². The second kappa shape index (κ2) is 7.14. The number of benzene rings is 1. The molecule has 1 aromatic carbocycles. The second-order valence-electron chi connectivity index (χ2n) is 5.62. The van der Waals surface area contributed by atoms with Crippen molar-refractivity contribution in [3.8, 4) is 0 Å². The molecule has 0 aliphatic carbocycles. The van der Waals surface area contributed by atoms with Crippen LogP contribution in [0.1, 0.15) is 36.2 Å². The van der Waals surface area contributed by atoms with Crippen LogP contribution >= 0.6 is 0 Å². The summed E-state index contributed by atoms with van der Waals surface area (Å²) in [5.74, 6) is 0.214. The number of ketones is 1. The summed E-state index contributed by atoms with van der Waals surface area (Å²) in [5.41, 5.74) is 3.48. The van der Waals surface area contributed by atoms with Gasteiger partial charge in [-0.2, -0.15) is 0 Å². The minimum atomic E-state index is 0.145. The van der Waals surface area contributed by atoms with E-state index in [1.807, 2.05) is 38.5 Å². The van der Waals surface area contributed by atoms with Crippen molar-refractivity contribution in [3.05, 3.63) is 65.5 Å². The van der Waals surface area contributed by atoms with Gasteiger partial charge in [-0.05, 0) is 44.3 Å². The summed E-state index contributed by atoms with van der Waals surface area (Å²) < 4.78 is 0. The SMILES string of the molecule is CC(=O)CC(c1ccc(Cc2ccccn2)cc1)N(C)C. The largest absolute Gasteiger partial charge is 0.302 e. The predicted octanol–water partition coefficient (Wildman–Crippen LogP) is 3.25. The van der Waals surface area contributed by atoms with Gasteiger partial charge in [0.2, 0.25) is 0 Å². The van der Waals surface area contributed by atoms with Crippen LogP contribution in [-0.2, 0) is 11.2 Å². The molecular weight excluding hydrogens is 260 g/mol. The lowest BCUT2D eigenvalue weighted by atomic mass is 9.98. The maximum absolute atomic E-state index is 11.4. The second-order valence-corrected chi connectivity index (χ2v) is 5.62. The fourth-order valence-corrected chi connectivity index (χ4v) is 2.44. The Kier molecular flexibility index (Phi) is 5.23. The number of Topliss-reactive ketones (excluding diaryl/α,β-unsaturated/α-hetero) is 1. The van der Waals surface area contributed by atoms with Gasteiger partial charge in [-0.3, -0.25) is 9.78 Å². The molecule has 0 aliphatic heterocycles. The van der Waals surface area contributed by atoms with E-state index in [0.717, 1.165) is 12.1 Å². The normalized spacial score (nSPS) is 12.4. The third-order valence-corrected chi connectivity index (χ3v) is 3.58. The molecule has 2 rings (SSSR count). The molecule has 1 atom stereocenters. The number of hydrogen-bond acceptors (Lipinski definition) is 3. The highest BCUT2D eigenvalue weighted by Crippen LogP contribution is 2.23. The van der Waals surface area contributed by atoms with Crippen molar-refractivity contribution in [1.29, 1.82) is 0 Å². The zero-order chi connectivity index (χ0) is 15.2. The molecule has 2 aromatic rings. The first-order valence-electron chi connectivity index (χ1n) is 7.21. The van der Waals surface area contributed by atoms with Crippen molar-refractivity contribution < 1.29 is 4.79 Å². The van der Waals surface area contributed by atoms with E-state index < -0.39 is 0 Å². The molecule has 1 unspecified atom stereocenters. The monoisotopic (exact) mass is 282 g/mol. The molecule has 110 valence electrons. The highest BCUT2D eigenvalue weighted by atomic mass is 16.1. The third kappa shape index (κ3) is 4.50. The molecule has 0 spiro atoms. The number of rotatable bonds is 6. The molecule has 0 radical (unpaired) electrons. The highest BCUT2D eigenvalue weighted by molar-refractivity contribution is 5.76. The predicted molar refractivity (Wildman–Crippen MR) is 85.2 cm³/mol. The molecule has 0 saturated heterocycles. The van der Waals surface area contributed by atoms with Crippen LogP contribution in [0.25, 0.3) is 0 Å². The molecule has 0 saturated carbocycles. The van der Waals surface area contributed by atoms with Gasteiger partial charge in [0.15, 0.2) is 0 Å². The summed E-state index contributed by atoms with van der Waals surface area (Å²) in [7, 11) is 4.02.